The normalized spacial score (nSPS) is 19.9. The number of halogens is 8. The zero-order valence-electron chi connectivity index (χ0n) is 18.9. The van der Waals surface area contributed by atoms with E-state index in [0.717, 1.165) is 6.42 Å². The minimum absolute atomic E-state index is 0.0847. The van der Waals surface area contributed by atoms with Crippen molar-refractivity contribution in [2.45, 2.75) is 65.1 Å². The van der Waals surface area contributed by atoms with Gasteiger partial charge in [0.1, 0.15) is 5.75 Å². The van der Waals surface area contributed by atoms with Gasteiger partial charge in [0.2, 0.25) is 0 Å². The average Bonchev–Trinajstić information content (AvgIpc) is 2.67. The summed E-state index contributed by atoms with van der Waals surface area (Å²) in [6, 6.07) is 3.29. The van der Waals surface area contributed by atoms with E-state index in [1.165, 1.54) is 26.0 Å². The van der Waals surface area contributed by atoms with Gasteiger partial charge in [-0.05, 0) is 73.9 Å². The standard InChI is InChI=1S/C24H24F8O2/c1-12-5-6-20(33-11-12)16-7-13(2)21(14(3)8-16)24(31,32)34-17-9-18(22(25,26)27)15(4)19(10-17)23(28,29)30/h7-10,12,20H,5-6,11H2,1-4H3. The third-order valence-corrected chi connectivity index (χ3v) is 5.96. The van der Waals surface area contributed by atoms with E-state index in [1.807, 2.05) is 6.92 Å². The topological polar surface area (TPSA) is 18.5 Å². The molecule has 0 aromatic heterocycles. The largest absolute Gasteiger partial charge is 0.429 e. The van der Waals surface area contributed by atoms with Crippen molar-refractivity contribution in [1.29, 1.82) is 0 Å². The lowest BCUT2D eigenvalue weighted by Gasteiger charge is -2.29. The number of hydrogen-bond acceptors (Lipinski definition) is 2. The molecule has 1 aliphatic rings. The molecule has 1 heterocycles. The Morgan fingerprint density at radius 2 is 1.29 bits per heavy atom. The number of hydrogen-bond donors (Lipinski definition) is 0. The molecule has 0 saturated carbocycles. The van der Waals surface area contributed by atoms with Gasteiger partial charge in [0, 0.05) is 6.61 Å². The van der Waals surface area contributed by atoms with Crippen LogP contribution in [-0.2, 0) is 23.2 Å². The Labute approximate surface area is 191 Å². The fraction of sp³-hybridized carbons (Fsp3) is 0.500. The highest BCUT2D eigenvalue weighted by Gasteiger charge is 2.43. The molecule has 1 aliphatic heterocycles. The lowest BCUT2D eigenvalue weighted by Crippen LogP contribution is -2.26. The molecule has 0 bridgehead atoms. The first kappa shape index (κ1) is 26.2. The summed E-state index contributed by atoms with van der Waals surface area (Å²) in [5, 5.41) is 0. The van der Waals surface area contributed by atoms with E-state index in [1.54, 1.807) is 0 Å². The average molecular weight is 496 g/mol. The van der Waals surface area contributed by atoms with Crippen LogP contribution in [0.3, 0.4) is 0 Å². The maximum absolute atomic E-state index is 15.1. The van der Waals surface area contributed by atoms with Gasteiger partial charge in [-0.25, -0.2) is 0 Å². The van der Waals surface area contributed by atoms with Gasteiger partial charge in [0.25, 0.3) is 0 Å². The Hall–Kier alpha value is -2.36. The van der Waals surface area contributed by atoms with Gasteiger partial charge in [-0.2, -0.15) is 35.1 Å². The highest BCUT2D eigenvalue weighted by molar-refractivity contribution is 5.46. The molecule has 188 valence electrons. The predicted octanol–water partition coefficient (Wildman–Crippen LogP) is 8.27. The summed E-state index contributed by atoms with van der Waals surface area (Å²) in [4.78, 5) is 0. The molecule has 2 atom stereocenters. The molecular formula is C24H24F8O2. The van der Waals surface area contributed by atoms with Crippen LogP contribution >= 0.6 is 0 Å². The molecule has 1 saturated heterocycles. The van der Waals surface area contributed by atoms with Crippen LogP contribution in [0.1, 0.15) is 64.8 Å². The molecule has 2 unspecified atom stereocenters. The minimum atomic E-state index is -5.19. The lowest BCUT2D eigenvalue weighted by atomic mass is 9.91. The molecule has 0 spiro atoms. The van der Waals surface area contributed by atoms with Crippen LogP contribution in [0.5, 0.6) is 5.75 Å². The fourth-order valence-electron chi connectivity index (χ4n) is 4.32. The van der Waals surface area contributed by atoms with Crippen LogP contribution in [0.4, 0.5) is 35.1 Å². The van der Waals surface area contributed by atoms with Gasteiger partial charge in [-0.15, -0.1) is 0 Å². The monoisotopic (exact) mass is 496 g/mol. The van der Waals surface area contributed by atoms with E-state index in [9.17, 15) is 26.3 Å². The van der Waals surface area contributed by atoms with Crippen molar-refractivity contribution in [3.63, 3.8) is 0 Å². The minimum Gasteiger partial charge on any atom is -0.429 e. The zero-order valence-corrected chi connectivity index (χ0v) is 18.9. The first-order valence-corrected chi connectivity index (χ1v) is 10.6. The van der Waals surface area contributed by atoms with Crippen molar-refractivity contribution < 1.29 is 44.6 Å². The van der Waals surface area contributed by atoms with Crippen molar-refractivity contribution in [1.82, 2.24) is 0 Å². The predicted molar refractivity (Wildman–Crippen MR) is 109 cm³/mol. The molecule has 2 nitrogen and oxygen atoms in total. The van der Waals surface area contributed by atoms with Crippen molar-refractivity contribution in [2.75, 3.05) is 6.61 Å². The first-order chi connectivity index (χ1) is 15.5. The van der Waals surface area contributed by atoms with Gasteiger partial charge in [0.15, 0.2) is 0 Å². The number of benzene rings is 2. The zero-order chi connectivity index (χ0) is 25.6. The van der Waals surface area contributed by atoms with Crippen LogP contribution in [0.15, 0.2) is 24.3 Å². The summed E-state index contributed by atoms with van der Waals surface area (Å²) in [6.07, 6.45) is -13.2. The second kappa shape index (κ2) is 9.02. The van der Waals surface area contributed by atoms with Crippen LogP contribution in [0, 0.1) is 26.7 Å². The third kappa shape index (κ3) is 5.47. The highest BCUT2D eigenvalue weighted by atomic mass is 19.4. The number of ether oxygens (including phenoxy) is 2. The Bertz CT molecular complexity index is 990. The lowest BCUT2D eigenvalue weighted by molar-refractivity contribution is -0.187. The van der Waals surface area contributed by atoms with E-state index < -0.39 is 46.5 Å². The molecule has 1 fully saturated rings. The van der Waals surface area contributed by atoms with E-state index in [4.69, 9.17) is 4.74 Å². The van der Waals surface area contributed by atoms with E-state index >= 15 is 8.78 Å². The van der Waals surface area contributed by atoms with Crippen LogP contribution < -0.4 is 4.74 Å². The maximum atomic E-state index is 15.1. The van der Waals surface area contributed by atoms with Crippen molar-refractivity contribution in [2.24, 2.45) is 5.92 Å². The highest BCUT2D eigenvalue weighted by Crippen LogP contribution is 2.44. The Kier molecular flexibility index (Phi) is 6.96. The summed E-state index contributed by atoms with van der Waals surface area (Å²) in [5.41, 5.74) is -4.28. The molecule has 34 heavy (non-hydrogen) atoms. The molecule has 10 heteroatoms. The Balaban J connectivity index is 2.00. The molecule has 2 aromatic carbocycles. The van der Waals surface area contributed by atoms with Crippen LogP contribution in [-0.4, -0.2) is 6.61 Å². The van der Waals surface area contributed by atoms with Crippen molar-refractivity contribution >= 4 is 0 Å². The SMILES string of the molecule is Cc1cc(C2CCC(C)CO2)cc(C)c1C(F)(F)Oc1cc(C(F)(F)F)c(C)c(C(F)(F)F)c1. The van der Waals surface area contributed by atoms with E-state index in [-0.39, 0.29) is 29.4 Å². The third-order valence-electron chi connectivity index (χ3n) is 5.96. The summed E-state index contributed by atoms with van der Waals surface area (Å²) in [6.45, 7) is 5.96. The van der Waals surface area contributed by atoms with Crippen LogP contribution in [0.25, 0.3) is 0 Å². The quantitative estimate of drug-likeness (QED) is 0.397. The molecule has 3 rings (SSSR count). The summed E-state index contributed by atoms with van der Waals surface area (Å²) >= 11 is 0. The van der Waals surface area contributed by atoms with Gasteiger partial charge in [-0.3, -0.25) is 0 Å². The fourth-order valence-corrected chi connectivity index (χ4v) is 4.32. The first-order valence-electron chi connectivity index (χ1n) is 10.6. The number of alkyl halides is 8. The Morgan fingerprint density at radius 1 is 0.794 bits per heavy atom. The van der Waals surface area contributed by atoms with Gasteiger partial charge < -0.3 is 9.47 Å². The second-order valence-electron chi connectivity index (χ2n) is 8.79. The maximum Gasteiger partial charge on any atom is 0.427 e. The van der Waals surface area contributed by atoms with E-state index in [0.29, 0.717) is 31.4 Å². The number of rotatable bonds is 4. The smallest absolute Gasteiger partial charge is 0.427 e. The van der Waals surface area contributed by atoms with Gasteiger partial charge >= 0.3 is 18.5 Å². The van der Waals surface area contributed by atoms with Gasteiger partial charge in [0.05, 0.1) is 22.8 Å². The van der Waals surface area contributed by atoms with Crippen molar-refractivity contribution in [3.05, 3.63) is 63.2 Å². The molecule has 2 aromatic rings. The van der Waals surface area contributed by atoms with E-state index in [2.05, 4.69) is 4.74 Å². The summed E-state index contributed by atoms with van der Waals surface area (Å²) in [5.74, 6) is -0.851. The van der Waals surface area contributed by atoms with Gasteiger partial charge in [-0.1, -0.05) is 19.1 Å². The molecule has 0 radical (unpaired) electrons. The molecular weight excluding hydrogens is 472 g/mol. The summed E-state index contributed by atoms with van der Waals surface area (Å²) in [7, 11) is 0. The molecule has 0 aliphatic carbocycles. The summed E-state index contributed by atoms with van der Waals surface area (Å²) < 4.78 is 120. The molecule has 0 N–H and O–H groups in total. The Morgan fingerprint density at radius 3 is 1.71 bits per heavy atom. The second-order valence-corrected chi connectivity index (χ2v) is 8.79. The number of aryl methyl sites for hydroxylation is 2. The molecule has 0 amide bonds. The van der Waals surface area contributed by atoms with Crippen LogP contribution in [0.2, 0.25) is 0 Å². The van der Waals surface area contributed by atoms with Crippen molar-refractivity contribution in [3.8, 4) is 5.75 Å².